The minimum absolute atomic E-state index is 0.209. The number of fused-ring (bicyclic) bond motifs is 1. The van der Waals surface area contributed by atoms with Crippen LogP contribution in [-0.4, -0.2) is 9.97 Å². The zero-order valence-electron chi connectivity index (χ0n) is 6.24. The van der Waals surface area contributed by atoms with Crippen molar-refractivity contribution in [3.8, 4) is 0 Å². The molecular weight excluding hydrogens is 154 g/mol. The Labute approximate surface area is 68.1 Å². The van der Waals surface area contributed by atoms with Crippen molar-refractivity contribution < 1.29 is 0 Å². The minimum atomic E-state index is -0.209. The summed E-state index contributed by atoms with van der Waals surface area (Å²) in [6, 6.07) is 5.22. The number of aromatic amines is 1. The third kappa shape index (κ3) is 0.934. The van der Waals surface area contributed by atoms with E-state index in [1.54, 1.807) is 24.4 Å². The monoisotopic (exact) mass is 161 g/mol. The van der Waals surface area contributed by atoms with Crippen molar-refractivity contribution in [2.75, 3.05) is 5.73 Å². The van der Waals surface area contributed by atoms with Gasteiger partial charge in [0.25, 0.3) is 5.56 Å². The van der Waals surface area contributed by atoms with E-state index in [2.05, 4.69) is 9.97 Å². The third-order valence-electron chi connectivity index (χ3n) is 1.64. The lowest BCUT2D eigenvalue weighted by molar-refractivity contribution is 1.24. The van der Waals surface area contributed by atoms with Crippen LogP contribution in [0.15, 0.2) is 29.2 Å². The van der Waals surface area contributed by atoms with E-state index in [0.717, 1.165) is 5.39 Å². The van der Waals surface area contributed by atoms with E-state index in [0.29, 0.717) is 11.3 Å². The molecule has 0 saturated carbocycles. The second kappa shape index (κ2) is 2.34. The summed E-state index contributed by atoms with van der Waals surface area (Å²) < 4.78 is 0. The fourth-order valence-electron chi connectivity index (χ4n) is 1.08. The standard InChI is InChI=1S/C8H7N3O/c9-6-2-1-5-3-4-10-8(12)7(5)11-6/h1-4H,(H2,9,11)(H,10,12). The molecular formula is C8H7N3O. The second-order valence-corrected chi connectivity index (χ2v) is 2.48. The predicted molar refractivity (Wildman–Crippen MR) is 46.8 cm³/mol. The summed E-state index contributed by atoms with van der Waals surface area (Å²) in [6.45, 7) is 0. The molecule has 0 bridgehead atoms. The molecule has 0 aliphatic carbocycles. The molecule has 0 unspecified atom stereocenters. The van der Waals surface area contributed by atoms with Crippen molar-refractivity contribution in [3.63, 3.8) is 0 Å². The highest BCUT2D eigenvalue weighted by molar-refractivity contribution is 5.78. The highest BCUT2D eigenvalue weighted by Gasteiger charge is 1.97. The van der Waals surface area contributed by atoms with Gasteiger partial charge in [-0.05, 0) is 18.2 Å². The van der Waals surface area contributed by atoms with E-state index in [1.807, 2.05) is 0 Å². The molecule has 2 aromatic rings. The van der Waals surface area contributed by atoms with Gasteiger partial charge < -0.3 is 10.7 Å². The van der Waals surface area contributed by atoms with Crippen molar-refractivity contribution in [2.24, 2.45) is 0 Å². The Kier molecular flexibility index (Phi) is 1.33. The van der Waals surface area contributed by atoms with Gasteiger partial charge in [-0.25, -0.2) is 4.98 Å². The molecule has 4 heteroatoms. The number of rotatable bonds is 0. The summed E-state index contributed by atoms with van der Waals surface area (Å²) in [5, 5.41) is 0.799. The van der Waals surface area contributed by atoms with Crippen LogP contribution in [0, 0.1) is 0 Å². The summed E-state index contributed by atoms with van der Waals surface area (Å²) in [5.41, 5.74) is 5.61. The van der Waals surface area contributed by atoms with Crippen LogP contribution in [0.25, 0.3) is 10.9 Å². The average molecular weight is 161 g/mol. The van der Waals surface area contributed by atoms with Crippen LogP contribution in [0.2, 0.25) is 0 Å². The molecule has 0 fully saturated rings. The third-order valence-corrected chi connectivity index (χ3v) is 1.64. The molecule has 4 nitrogen and oxygen atoms in total. The largest absolute Gasteiger partial charge is 0.384 e. The first-order valence-electron chi connectivity index (χ1n) is 3.51. The summed E-state index contributed by atoms with van der Waals surface area (Å²) in [5.74, 6) is 0.360. The number of nitrogens with one attached hydrogen (secondary N) is 1. The van der Waals surface area contributed by atoms with Crippen molar-refractivity contribution >= 4 is 16.7 Å². The topological polar surface area (TPSA) is 71.8 Å². The van der Waals surface area contributed by atoms with Crippen LogP contribution in [0.1, 0.15) is 0 Å². The van der Waals surface area contributed by atoms with Gasteiger partial charge in [0.2, 0.25) is 0 Å². The lowest BCUT2D eigenvalue weighted by atomic mass is 10.2. The Hall–Kier alpha value is -1.84. The van der Waals surface area contributed by atoms with E-state index in [1.165, 1.54) is 0 Å². The van der Waals surface area contributed by atoms with Crippen molar-refractivity contribution in [3.05, 3.63) is 34.7 Å². The molecule has 60 valence electrons. The summed E-state index contributed by atoms with van der Waals surface area (Å²) in [6.07, 6.45) is 1.59. The van der Waals surface area contributed by atoms with Crippen LogP contribution in [-0.2, 0) is 0 Å². The summed E-state index contributed by atoms with van der Waals surface area (Å²) in [4.78, 5) is 17.6. The number of pyridine rings is 2. The first kappa shape index (κ1) is 6.84. The molecule has 3 N–H and O–H groups in total. The number of nitrogen functional groups attached to an aromatic ring is 1. The highest BCUT2D eigenvalue weighted by Crippen LogP contribution is 2.07. The smallest absolute Gasteiger partial charge is 0.274 e. The number of nitrogens with zero attached hydrogens (tertiary/aromatic N) is 1. The van der Waals surface area contributed by atoms with Crippen molar-refractivity contribution in [1.82, 2.24) is 9.97 Å². The molecule has 0 amide bonds. The van der Waals surface area contributed by atoms with Gasteiger partial charge in [-0.1, -0.05) is 0 Å². The zero-order chi connectivity index (χ0) is 8.55. The van der Waals surface area contributed by atoms with Gasteiger partial charge in [-0.15, -0.1) is 0 Å². The Morgan fingerprint density at radius 2 is 2.17 bits per heavy atom. The van der Waals surface area contributed by atoms with Gasteiger partial charge in [0.1, 0.15) is 11.3 Å². The van der Waals surface area contributed by atoms with Gasteiger partial charge in [0.15, 0.2) is 0 Å². The van der Waals surface area contributed by atoms with Gasteiger partial charge in [0.05, 0.1) is 0 Å². The van der Waals surface area contributed by atoms with Gasteiger partial charge in [-0.3, -0.25) is 4.79 Å². The van der Waals surface area contributed by atoms with E-state index in [4.69, 9.17) is 5.73 Å². The van der Waals surface area contributed by atoms with Crippen LogP contribution >= 0.6 is 0 Å². The van der Waals surface area contributed by atoms with E-state index in [9.17, 15) is 4.79 Å². The van der Waals surface area contributed by atoms with Crippen molar-refractivity contribution in [1.29, 1.82) is 0 Å². The van der Waals surface area contributed by atoms with Gasteiger partial charge in [0, 0.05) is 11.6 Å². The van der Waals surface area contributed by atoms with E-state index < -0.39 is 0 Å². The van der Waals surface area contributed by atoms with Crippen LogP contribution in [0.5, 0.6) is 0 Å². The number of hydrogen-bond acceptors (Lipinski definition) is 3. The molecule has 2 heterocycles. The van der Waals surface area contributed by atoms with E-state index in [-0.39, 0.29) is 5.56 Å². The first-order valence-corrected chi connectivity index (χ1v) is 3.51. The maximum Gasteiger partial charge on any atom is 0.274 e. The minimum Gasteiger partial charge on any atom is -0.384 e. The molecule has 2 aromatic heterocycles. The first-order chi connectivity index (χ1) is 5.77. The van der Waals surface area contributed by atoms with Crippen LogP contribution in [0.4, 0.5) is 5.82 Å². The molecule has 0 radical (unpaired) electrons. The van der Waals surface area contributed by atoms with E-state index >= 15 is 0 Å². The van der Waals surface area contributed by atoms with Crippen LogP contribution < -0.4 is 11.3 Å². The number of nitrogens with two attached hydrogens (primary N) is 1. The van der Waals surface area contributed by atoms with Gasteiger partial charge >= 0.3 is 0 Å². The van der Waals surface area contributed by atoms with Gasteiger partial charge in [-0.2, -0.15) is 0 Å². The normalized spacial score (nSPS) is 10.3. The summed E-state index contributed by atoms with van der Waals surface area (Å²) >= 11 is 0. The molecule has 12 heavy (non-hydrogen) atoms. The molecule has 0 atom stereocenters. The Bertz CT molecular complexity index is 475. The molecule has 0 saturated heterocycles. The predicted octanol–water partition coefficient (Wildman–Crippen LogP) is 0.505. The Morgan fingerprint density at radius 1 is 1.33 bits per heavy atom. The Morgan fingerprint density at radius 3 is 3.00 bits per heavy atom. The fraction of sp³-hybridized carbons (Fsp3) is 0. The summed E-state index contributed by atoms with van der Waals surface area (Å²) in [7, 11) is 0. The molecule has 0 spiro atoms. The molecule has 0 aromatic carbocycles. The lowest BCUT2D eigenvalue weighted by Gasteiger charge is -1.95. The quantitative estimate of drug-likeness (QED) is 0.591. The molecule has 0 aliphatic rings. The molecule has 0 aliphatic heterocycles. The number of H-pyrrole nitrogens is 1. The molecule has 2 rings (SSSR count). The van der Waals surface area contributed by atoms with Crippen molar-refractivity contribution in [2.45, 2.75) is 0 Å². The fourth-order valence-corrected chi connectivity index (χ4v) is 1.08. The number of anilines is 1. The van der Waals surface area contributed by atoms with Crippen LogP contribution in [0.3, 0.4) is 0 Å². The maximum absolute atomic E-state index is 11.2. The number of aromatic nitrogens is 2. The highest BCUT2D eigenvalue weighted by atomic mass is 16.1. The lowest BCUT2D eigenvalue weighted by Crippen LogP contribution is -2.07. The average Bonchev–Trinajstić information content (AvgIpc) is 2.07. The number of hydrogen-bond donors (Lipinski definition) is 2. The Balaban J connectivity index is 2.98. The SMILES string of the molecule is Nc1ccc2cc[nH]c(=O)c2n1. The second-order valence-electron chi connectivity index (χ2n) is 2.48. The zero-order valence-corrected chi connectivity index (χ0v) is 6.24. The maximum atomic E-state index is 11.2.